The summed E-state index contributed by atoms with van der Waals surface area (Å²) in [5.74, 6) is -1.39. The molecule has 1 fully saturated rings. The average molecular weight is 374 g/mol. The smallest absolute Gasteiger partial charge is 0.338 e. The molecule has 6 nitrogen and oxygen atoms in total. The molecule has 1 heterocycles. The van der Waals surface area contributed by atoms with E-state index in [1.165, 1.54) is 12.1 Å². The molecule has 7 heteroatoms. The van der Waals surface area contributed by atoms with Gasteiger partial charge in [0, 0.05) is 0 Å². The van der Waals surface area contributed by atoms with Crippen molar-refractivity contribution in [3.63, 3.8) is 0 Å². The van der Waals surface area contributed by atoms with Crippen molar-refractivity contribution >= 4 is 11.9 Å². The van der Waals surface area contributed by atoms with Crippen LogP contribution in [0.5, 0.6) is 0 Å². The van der Waals surface area contributed by atoms with Crippen molar-refractivity contribution < 1.29 is 33.3 Å². The van der Waals surface area contributed by atoms with Gasteiger partial charge in [0.05, 0.1) is 11.1 Å². The first kappa shape index (κ1) is 19.0. The number of aliphatic hydroxyl groups excluding tert-OH is 1. The minimum absolute atomic E-state index is 0.231. The molecule has 0 bridgehead atoms. The standard InChI is InChI=1S/C20H19FO6/c1-20(21)16(27-18(23)14-10-6-3-7-11-14)15(26-19(20)24)12-25-17(22)13-8-4-2-5-9-13/h2-11,15-16,19,24H,12H2,1H3/t15-,16-,19-,20-/m1/s1. The fourth-order valence-electron chi connectivity index (χ4n) is 2.76. The van der Waals surface area contributed by atoms with Crippen molar-refractivity contribution in [1.82, 2.24) is 0 Å². The average Bonchev–Trinajstić information content (AvgIpc) is 2.90. The van der Waals surface area contributed by atoms with Crippen molar-refractivity contribution in [3.05, 3.63) is 71.8 Å². The molecule has 0 saturated carbocycles. The molecule has 1 saturated heterocycles. The zero-order chi connectivity index (χ0) is 19.4. The highest BCUT2D eigenvalue weighted by atomic mass is 19.1. The molecule has 1 aliphatic rings. The Hall–Kier alpha value is -2.77. The van der Waals surface area contributed by atoms with Gasteiger partial charge in [-0.2, -0.15) is 0 Å². The Kier molecular flexibility index (Phi) is 5.53. The highest BCUT2D eigenvalue weighted by Crippen LogP contribution is 2.36. The topological polar surface area (TPSA) is 82.1 Å². The van der Waals surface area contributed by atoms with E-state index in [-0.39, 0.29) is 12.2 Å². The molecule has 3 rings (SSSR count). The van der Waals surface area contributed by atoms with Gasteiger partial charge in [0.1, 0.15) is 12.7 Å². The van der Waals surface area contributed by atoms with Crippen LogP contribution in [0.4, 0.5) is 4.39 Å². The maximum absolute atomic E-state index is 14.8. The summed E-state index contributed by atoms with van der Waals surface area (Å²) >= 11 is 0. The van der Waals surface area contributed by atoms with Crippen LogP contribution < -0.4 is 0 Å². The number of benzene rings is 2. The maximum Gasteiger partial charge on any atom is 0.338 e. The van der Waals surface area contributed by atoms with Gasteiger partial charge in [0.2, 0.25) is 0 Å². The van der Waals surface area contributed by atoms with Gasteiger partial charge in [-0.15, -0.1) is 0 Å². The number of alkyl halides is 1. The van der Waals surface area contributed by atoms with Crippen LogP contribution in [0.1, 0.15) is 27.6 Å². The van der Waals surface area contributed by atoms with Crippen LogP contribution in [-0.4, -0.2) is 47.8 Å². The Morgan fingerprint density at radius 3 is 2.11 bits per heavy atom. The molecule has 27 heavy (non-hydrogen) atoms. The number of carbonyl (C=O) groups excluding carboxylic acids is 2. The summed E-state index contributed by atoms with van der Waals surface area (Å²) in [5, 5.41) is 9.83. The Balaban J connectivity index is 1.69. The van der Waals surface area contributed by atoms with E-state index >= 15 is 0 Å². The van der Waals surface area contributed by atoms with Crippen molar-refractivity contribution in [2.45, 2.75) is 31.1 Å². The lowest BCUT2D eigenvalue weighted by Crippen LogP contribution is -2.45. The minimum atomic E-state index is -2.35. The zero-order valence-electron chi connectivity index (χ0n) is 14.6. The van der Waals surface area contributed by atoms with E-state index in [0.717, 1.165) is 6.92 Å². The Morgan fingerprint density at radius 1 is 1.04 bits per heavy atom. The van der Waals surface area contributed by atoms with Crippen LogP contribution in [0.3, 0.4) is 0 Å². The fraction of sp³-hybridized carbons (Fsp3) is 0.300. The third kappa shape index (κ3) is 4.15. The molecule has 2 aromatic rings. The van der Waals surface area contributed by atoms with Gasteiger partial charge in [0.25, 0.3) is 0 Å². The molecular formula is C20H19FO6. The van der Waals surface area contributed by atoms with E-state index in [0.29, 0.717) is 5.56 Å². The summed E-state index contributed by atoms with van der Waals surface area (Å²) in [4.78, 5) is 24.3. The molecular weight excluding hydrogens is 355 g/mol. The van der Waals surface area contributed by atoms with E-state index in [1.54, 1.807) is 48.5 Å². The van der Waals surface area contributed by atoms with Gasteiger partial charge >= 0.3 is 11.9 Å². The molecule has 0 radical (unpaired) electrons. The minimum Gasteiger partial charge on any atom is -0.459 e. The van der Waals surface area contributed by atoms with Gasteiger partial charge in [-0.25, -0.2) is 14.0 Å². The highest BCUT2D eigenvalue weighted by molar-refractivity contribution is 5.90. The number of hydrogen-bond acceptors (Lipinski definition) is 6. The van der Waals surface area contributed by atoms with Gasteiger partial charge < -0.3 is 19.3 Å². The van der Waals surface area contributed by atoms with E-state index in [9.17, 15) is 19.1 Å². The predicted molar refractivity (Wildman–Crippen MR) is 92.8 cm³/mol. The second-order valence-electron chi connectivity index (χ2n) is 6.33. The van der Waals surface area contributed by atoms with Crippen LogP contribution in [0.15, 0.2) is 60.7 Å². The fourth-order valence-corrected chi connectivity index (χ4v) is 2.76. The van der Waals surface area contributed by atoms with Crippen LogP contribution >= 0.6 is 0 Å². The van der Waals surface area contributed by atoms with Crippen molar-refractivity contribution in [2.75, 3.05) is 6.61 Å². The van der Waals surface area contributed by atoms with E-state index in [1.807, 2.05) is 0 Å². The summed E-state index contributed by atoms with van der Waals surface area (Å²) in [6.07, 6.45) is -4.40. The summed E-state index contributed by atoms with van der Waals surface area (Å²) in [6.45, 7) is 0.691. The number of halogens is 1. The third-order valence-corrected chi connectivity index (χ3v) is 4.31. The molecule has 1 N–H and O–H groups in total. The van der Waals surface area contributed by atoms with E-state index in [4.69, 9.17) is 14.2 Å². The zero-order valence-corrected chi connectivity index (χ0v) is 14.6. The molecule has 4 atom stereocenters. The first-order chi connectivity index (χ1) is 12.9. The van der Waals surface area contributed by atoms with Gasteiger partial charge in [-0.3, -0.25) is 0 Å². The number of hydrogen-bond donors (Lipinski definition) is 1. The van der Waals surface area contributed by atoms with Crippen LogP contribution in [0.2, 0.25) is 0 Å². The lowest BCUT2D eigenvalue weighted by atomic mass is 9.99. The number of rotatable bonds is 5. The summed E-state index contributed by atoms with van der Waals surface area (Å²) < 4.78 is 30.4. The molecule has 0 spiro atoms. The van der Waals surface area contributed by atoms with Gasteiger partial charge in [0.15, 0.2) is 18.1 Å². The predicted octanol–water partition coefficient (Wildman–Crippen LogP) is 2.51. The molecule has 0 aromatic heterocycles. The van der Waals surface area contributed by atoms with Crippen molar-refractivity contribution in [3.8, 4) is 0 Å². The number of carbonyl (C=O) groups is 2. The molecule has 1 aliphatic heterocycles. The lowest BCUT2D eigenvalue weighted by molar-refractivity contribution is -0.144. The SMILES string of the molecule is C[C@]1(F)[C@H](O)O[C@H](COC(=O)c2ccccc2)[C@H]1OC(=O)c1ccccc1. The normalized spacial score (nSPS) is 27.1. The summed E-state index contributed by atoms with van der Waals surface area (Å²) in [5.41, 5.74) is -1.81. The Bertz CT molecular complexity index is 793. The molecule has 0 unspecified atom stereocenters. The molecule has 142 valence electrons. The number of aliphatic hydroxyl groups is 1. The largest absolute Gasteiger partial charge is 0.459 e. The second kappa shape index (κ2) is 7.85. The van der Waals surface area contributed by atoms with Gasteiger partial charge in [-0.1, -0.05) is 36.4 Å². The van der Waals surface area contributed by atoms with Gasteiger partial charge in [-0.05, 0) is 31.2 Å². The second-order valence-corrected chi connectivity index (χ2v) is 6.33. The quantitative estimate of drug-likeness (QED) is 0.810. The Morgan fingerprint density at radius 2 is 1.56 bits per heavy atom. The molecule has 2 aromatic carbocycles. The lowest BCUT2D eigenvalue weighted by Gasteiger charge is -2.25. The Labute approximate surface area is 155 Å². The van der Waals surface area contributed by atoms with E-state index < -0.39 is 36.1 Å². The van der Waals surface area contributed by atoms with Crippen molar-refractivity contribution in [2.24, 2.45) is 0 Å². The first-order valence-corrected chi connectivity index (χ1v) is 8.40. The molecule has 0 amide bonds. The first-order valence-electron chi connectivity index (χ1n) is 8.40. The number of ether oxygens (including phenoxy) is 3. The van der Waals surface area contributed by atoms with Crippen LogP contribution in [0, 0.1) is 0 Å². The van der Waals surface area contributed by atoms with Crippen molar-refractivity contribution in [1.29, 1.82) is 0 Å². The summed E-state index contributed by atoms with van der Waals surface area (Å²) in [6, 6.07) is 16.3. The third-order valence-electron chi connectivity index (χ3n) is 4.31. The monoisotopic (exact) mass is 374 g/mol. The highest BCUT2D eigenvalue weighted by Gasteiger charge is 2.57. The molecule has 0 aliphatic carbocycles. The van der Waals surface area contributed by atoms with Crippen LogP contribution in [0.25, 0.3) is 0 Å². The number of esters is 2. The van der Waals surface area contributed by atoms with Crippen LogP contribution in [-0.2, 0) is 14.2 Å². The maximum atomic E-state index is 14.8. The summed E-state index contributed by atoms with van der Waals surface area (Å²) in [7, 11) is 0. The van der Waals surface area contributed by atoms with E-state index in [2.05, 4.69) is 0 Å².